The number of halogens is 4. The van der Waals surface area contributed by atoms with Gasteiger partial charge in [0.25, 0.3) is 5.91 Å². The maximum Gasteiger partial charge on any atom is 0.417 e. The van der Waals surface area contributed by atoms with Gasteiger partial charge >= 0.3 is 6.18 Å². The van der Waals surface area contributed by atoms with Gasteiger partial charge in [-0.2, -0.15) is 24.5 Å². The van der Waals surface area contributed by atoms with Gasteiger partial charge in [0.2, 0.25) is 5.91 Å². The zero-order chi connectivity index (χ0) is 22.1. The number of benzene rings is 1. The molecule has 0 aliphatic rings. The lowest BCUT2D eigenvalue weighted by Crippen LogP contribution is -2.34. The summed E-state index contributed by atoms with van der Waals surface area (Å²) in [5, 5.41) is 6.43. The van der Waals surface area contributed by atoms with Gasteiger partial charge in [0.15, 0.2) is 0 Å². The standard InChI is InChI=1S/C19H15ClF3N3O2S2/c1-10-16(30-17(24-10)11-5-6-29-9-11)18(28)26(2)8-15(27)25-12-3-4-14(20)13(7-12)19(21,22)23/h3-7,9H,8H2,1-2H3,(H,25,27). The van der Waals surface area contributed by atoms with E-state index in [0.29, 0.717) is 15.6 Å². The number of hydrogen-bond acceptors (Lipinski definition) is 5. The van der Waals surface area contributed by atoms with Crippen LogP contribution in [-0.4, -0.2) is 35.3 Å². The van der Waals surface area contributed by atoms with Crippen LogP contribution >= 0.6 is 34.3 Å². The quantitative estimate of drug-likeness (QED) is 0.527. The Morgan fingerprint density at radius 3 is 2.63 bits per heavy atom. The molecule has 0 radical (unpaired) electrons. The van der Waals surface area contributed by atoms with Crippen molar-refractivity contribution in [2.24, 2.45) is 0 Å². The fourth-order valence-corrected chi connectivity index (χ4v) is 4.58. The molecule has 3 aromatic rings. The molecule has 0 unspecified atom stereocenters. The minimum Gasteiger partial charge on any atom is -0.332 e. The number of thiophene rings is 1. The lowest BCUT2D eigenvalue weighted by atomic mass is 10.2. The van der Waals surface area contributed by atoms with E-state index < -0.39 is 28.6 Å². The summed E-state index contributed by atoms with van der Waals surface area (Å²) in [6.07, 6.45) is -4.64. The molecule has 11 heteroatoms. The SMILES string of the molecule is Cc1nc(-c2ccsc2)sc1C(=O)N(C)CC(=O)Nc1ccc(Cl)c(C(F)(F)F)c1. The average molecular weight is 474 g/mol. The van der Waals surface area contributed by atoms with Crippen LogP contribution in [0.4, 0.5) is 18.9 Å². The number of rotatable bonds is 5. The zero-order valence-corrected chi connectivity index (χ0v) is 18.1. The predicted octanol–water partition coefficient (Wildman–Crippen LogP) is 5.56. The number of likely N-dealkylation sites (N-methyl/N-ethyl adjacent to an activating group) is 1. The van der Waals surface area contributed by atoms with Gasteiger partial charge in [-0.1, -0.05) is 11.6 Å². The number of amides is 2. The van der Waals surface area contributed by atoms with Crippen LogP contribution in [0, 0.1) is 6.92 Å². The molecule has 158 valence electrons. The van der Waals surface area contributed by atoms with Gasteiger partial charge in [-0.15, -0.1) is 11.3 Å². The van der Waals surface area contributed by atoms with E-state index in [1.165, 1.54) is 40.7 Å². The van der Waals surface area contributed by atoms with E-state index in [1.54, 1.807) is 6.92 Å². The molecule has 0 fully saturated rings. The number of thiazole rings is 1. The summed E-state index contributed by atoms with van der Waals surface area (Å²) in [5.41, 5.74) is 0.348. The van der Waals surface area contributed by atoms with Crippen LogP contribution in [0.3, 0.4) is 0 Å². The first kappa shape index (κ1) is 22.3. The summed E-state index contributed by atoms with van der Waals surface area (Å²) in [4.78, 5) is 31.0. The Labute approximate surface area is 183 Å². The van der Waals surface area contributed by atoms with Gasteiger partial charge in [0.05, 0.1) is 22.8 Å². The van der Waals surface area contributed by atoms with Gasteiger partial charge in [-0.25, -0.2) is 4.98 Å². The summed E-state index contributed by atoms with van der Waals surface area (Å²) in [6, 6.07) is 4.97. The first-order valence-electron chi connectivity index (χ1n) is 8.48. The second-order valence-corrected chi connectivity index (χ2v) is 8.53. The number of nitrogens with zero attached hydrogens (tertiary/aromatic N) is 2. The van der Waals surface area contributed by atoms with Crippen molar-refractivity contribution in [2.75, 3.05) is 18.9 Å². The highest BCUT2D eigenvalue weighted by Crippen LogP contribution is 2.36. The van der Waals surface area contributed by atoms with E-state index in [2.05, 4.69) is 10.3 Å². The number of carbonyl (C=O) groups excluding carboxylic acids is 2. The smallest absolute Gasteiger partial charge is 0.332 e. The van der Waals surface area contributed by atoms with E-state index in [4.69, 9.17) is 11.6 Å². The monoisotopic (exact) mass is 473 g/mol. The highest BCUT2D eigenvalue weighted by atomic mass is 35.5. The third-order valence-electron chi connectivity index (χ3n) is 4.04. The van der Waals surface area contributed by atoms with Crippen LogP contribution < -0.4 is 5.32 Å². The van der Waals surface area contributed by atoms with Crippen molar-refractivity contribution in [3.05, 3.63) is 56.2 Å². The third kappa shape index (κ3) is 5.00. The fraction of sp³-hybridized carbons (Fsp3) is 0.211. The molecule has 5 nitrogen and oxygen atoms in total. The Balaban J connectivity index is 1.68. The van der Waals surface area contributed by atoms with Crippen LogP contribution in [-0.2, 0) is 11.0 Å². The summed E-state index contributed by atoms with van der Waals surface area (Å²) in [7, 11) is 1.44. The maximum atomic E-state index is 13.0. The minimum atomic E-state index is -4.64. The van der Waals surface area contributed by atoms with Crippen molar-refractivity contribution < 1.29 is 22.8 Å². The van der Waals surface area contributed by atoms with E-state index >= 15 is 0 Å². The summed E-state index contributed by atoms with van der Waals surface area (Å²) in [5.74, 6) is -1.03. The second kappa shape index (κ2) is 8.75. The number of aryl methyl sites for hydroxylation is 1. The first-order valence-corrected chi connectivity index (χ1v) is 10.6. The molecule has 3 rings (SSSR count). The number of nitrogens with one attached hydrogen (secondary N) is 1. The highest BCUT2D eigenvalue weighted by Gasteiger charge is 2.33. The molecule has 2 heterocycles. The number of anilines is 1. The molecule has 0 spiro atoms. The second-order valence-electron chi connectivity index (χ2n) is 6.35. The Hall–Kier alpha value is -2.43. The molecular formula is C19H15ClF3N3O2S2. The van der Waals surface area contributed by atoms with E-state index in [9.17, 15) is 22.8 Å². The molecule has 0 bridgehead atoms. The zero-order valence-electron chi connectivity index (χ0n) is 15.7. The van der Waals surface area contributed by atoms with Crippen molar-refractivity contribution in [1.29, 1.82) is 0 Å². The molecule has 0 saturated carbocycles. The van der Waals surface area contributed by atoms with Gasteiger partial charge in [-0.3, -0.25) is 9.59 Å². The topological polar surface area (TPSA) is 62.3 Å². The lowest BCUT2D eigenvalue weighted by molar-refractivity contribution is -0.137. The van der Waals surface area contributed by atoms with Crippen LogP contribution in [0.1, 0.15) is 20.9 Å². The van der Waals surface area contributed by atoms with Crippen molar-refractivity contribution in [3.63, 3.8) is 0 Å². The van der Waals surface area contributed by atoms with E-state index in [-0.39, 0.29) is 12.2 Å². The Bertz CT molecular complexity index is 1080. The number of alkyl halides is 3. The van der Waals surface area contributed by atoms with Crippen molar-refractivity contribution >= 4 is 51.8 Å². The van der Waals surface area contributed by atoms with E-state index in [1.807, 2.05) is 16.8 Å². The normalized spacial score (nSPS) is 11.4. The van der Waals surface area contributed by atoms with Gasteiger partial charge in [0, 0.05) is 23.7 Å². The van der Waals surface area contributed by atoms with Crippen LogP contribution in [0.5, 0.6) is 0 Å². The van der Waals surface area contributed by atoms with Crippen LogP contribution in [0.15, 0.2) is 35.0 Å². The van der Waals surface area contributed by atoms with Crippen LogP contribution in [0.2, 0.25) is 5.02 Å². The number of carbonyl (C=O) groups is 2. The Kier molecular flexibility index (Phi) is 6.49. The molecule has 0 saturated heterocycles. The van der Waals surface area contributed by atoms with Crippen molar-refractivity contribution in [2.45, 2.75) is 13.1 Å². The van der Waals surface area contributed by atoms with Gasteiger partial charge in [0.1, 0.15) is 9.88 Å². The largest absolute Gasteiger partial charge is 0.417 e. The fourth-order valence-electron chi connectivity index (χ4n) is 2.59. The predicted molar refractivity (Wildman–Crippen MR) is 112 cm³/mol. The molecule has 0 aliphatic heterocycles. The molecule has 1 aromatic carbocycles. The van der Waals surface area contributed by atoms with Crippen molar-refractivity contribution in [3.8, 4) is 10.6 Å². The first-order chi connectivity index (χ1) is 14.1. The number of aromatic nitrogens is 1. The minimum absolute atomic E-state index is 0.0636. The maximum absolute atomic E-state index is 13.0. The molecule has 0 aliphatic carbocycles. The third-order valence-corrected chi connectivity index (χ3v) is 6.25. The Morgan fingerprint density at radius 1 is 1.27 bits per heavy atom. The molecule has 0 atom stereocenters. The average Bonchev–Trinajstić information content (AvgIpc) is 3.31. The Morgan fingerprint density at radius 2 is 2.00 bits per heavy atom. The van der Waals surface area contributed by atoms with Gasteiger partial charge < -0.3 is 10.2 Å². The number of hydrogen-bond donors (Lipinski definition) is 1. The van der Waals surface area contributed by atoms with Crippen LogP contribution in [0.25, 0.3) is 10.6 Å². The van der Waals surface area contributed by atoms with Crippen molar-refractivity contribution in [1.82, 2.24) is 9.88 Å². The molecule has 2 aromatic heterocycles. The molecule has 1 N–H and O–H groups in total. The molecule has 30 heavy (non-hydrogen) atoms. The molecular weight excluding hydrogens is 459 g/mol. The summed E-state index contributed by atoms with van der Waals surface area (Å²) in [6.45, 7) is 1.37. The lowest BCUT2D eigenvalue weighted by Gasteiger charge is -2.17. The van der Waals surface area contributed by atoms with E-state index in [0.717, 1.165) is 17.7 Å². The summed E-state index contributed by atoms with van der Waals surface area (Å²) >= 11 is 8.32. The molecule has 2 amide bonds. The van der Waals surface area contributed by atoms with Gasteiger partial charge in [-0.05, 0) is 36.6 Å². The summed E-state index contributed by atoms with van der Waals surface area (Å²) < 4.78 is 38.9. The highest BCUT2D eigenvalue weighted by molar-refractivity contribution is 7.17.